The molecule has 1 aliphatic heterocycles. The number of halogens is 1. The first-order valence-corrected chi connectivity index (χ1v) is 15.0. The van der Waals surface area contributed by atoms with Crippen molar-refractivity contribution in [2.75, 3.05) is 40.3 Å². The molecule has 1 amide bonds. The summed E-state index contributed by atoms with van der Waals surface area (Å²) in [5, 5.41) is 2.97. The molecule has 1 N–H and O–H groups in total. The lowest BCUT2D eigenvalue weighted by molar-refractivity contribution is -0.127. The second-order valence-corrected chi connectivity index (χ2v) is 12.7. The van der Waals surface area contributed by atoms with Crippen molar-refractivity contribution in [3.63, 3.8) is 0 Å². The molecule has 2 aliphatic rings. The van der Waals surface area contributed by atoms with Crippen molar-refractivity contribution in [1.29, 1.82) is 0 Å². The highest BCUT2D eigenvalue weighted by Gasteiger charge is 2.33. The molecule has 0 bridgehead atoms. The minimum atomic E-state index is -3.53. The summed E-state index contributed by atoms with van der Waals surface area (Å²) in [5.74, 6) is 0.747. The number of ether oxygens (including phenoxy) is 1. The monoisotopic (exact) mass is 545 g/mol. The number of sulfonamides is 1. The van der Waals surface area contributed by atoms with Gasteiger partial charge in [0, 0.05) is 25.7 Å². The molecule has 38 heavy (non-hydrogen) atoms. The molecule has 1 heterocycles. The van der Waals surface area contributed by atoms with E-state index < -0.39 is 10.0 Å². The Morgan fingerprint density at radius 3 is 2.39 bits per heavy atom. The summed E-state index contributed by atoms with van der Waals surface area (Å²) >= 11 is 0. The average molecular weight is 546 g/mol. The standard InChI is InChI=1S/C29H40FN3O4S/c1-32(2)29(24-12-14-25(30)15-13-24)23-10-8-22(9-11-23)16-18-31-28(34)21-37-26-17-19-33(20-26)38(35,36)27-6-4-3-5-7-27/h3-7,12-15,22-23,26,29H,8-11,16-21H2,1-2H3,(H,31,34). The van der Waals surface area contributed by atoms with E-state index in [1.54, 1.807) is 42.5 Å². The van der Waals surface area contributed by atoms with Crippen LogP contribution in [0.25, 0.3) is 0 Å². The first-order valence-electron chi connectivity index (χ1n) is 13.6. The van der Waals surface area contributed by atoms with E-state index in [1.807, 2.05) is 12.1 Å². The van der Waals surface area contributed by atoms with Gasteiger partial charge < -0.3 is 15.0 Å². The van der Waals surface area contributed by atoms with Gasteiger partial charge in [-0.3, -0.25) is 4.79 Å². The minimum absolute atomic E-state index is 0.0567. The van der Waals surface area contributed by atoms with Gasteiger partial charge in [-0.1, -0.05) is 43.2 Å². The van der Waals surface area contributed by atoms with Gasteiger partial charge in [-0.15, -0.1) is 0 Å². The fraction of sp³-hybridized carbons (Fsp3) is 0.552. The molecule has 0 spiro atoms. The van der Waals surface area contributed by atoms with Gasteiger partial charge in [0.2, 0.25) is 15.9 Å². The predicted octanol–water partition coefficient (Wildman–Crippen LogP) is 4.22. The molecule has 0 aromatic heterocycles. The summed E-state index contributed by atoms with van der Waals surface area (Å²) in [5.41, 5.74) is 1.16. The summed E-state index contributed by atoms with van der Waals surface area (Å²) in [6, 6.07) is 15.5. The number of hydrogen-bond donors (Lipinski definition) is 1. The third kappa shape index (κ3) is 7.40. The lowest BCUT2D eigenvalue weighted by Gasteiger charge is -2.37. The highest BCUT2D eigenvalue weighted by Crippen LogP contribution is 2.40. The summed E-state index contributed by atoms with van der Waals surface area (Å²) in [4.78, 5) is 14.9. The van der Waals surface area contributed by atoms with Gasteiger partial charge in [0.1, 0.15) is 12.4 Å². The first-order chi connectivity index (χ1) is 18.2. The molecule has 2 unspecified atom stereocenters. The van der Waals surface area contributed by atoms with Gasteiger partial charge in [-0.05, 0) is 81.4 Å². The molecule has 2 fully saturated rings. The van der Waals surface area contributed by atoms with Crippen LogP contribution in [-0.2, 0) is 19.6 Å². The molecule has 2 aromatic rings. The number of nitrogens with zero attached hydrogens (tertiary/aromatic N) is 2. The maximum Gasteiger partial charge on any atom is 0.246 e. The quantitative estimate of drug-likeness (QED) is 0.458. The van der Waals surface area contributed by atoms with E-state index in [0.717, 1.165) is 37.7 Å². The van der Waals surface area contributed by atoms with Crippen molar-refractivity contribution in [2.45, 2.75) is 55.6 Å². The predicted molar refractivity (Wildman–Crippen MR) is 145 cm³/mol. The molecule has 2 aromatic carbocycles. The van der Waals surface area contributed by atoms with Crippen molar-refractivity contribution >= 4 is 15.9 Å². The van der Waals surface area contributed by atoms with Gasteiger partial charge in [-0.2, -0.15) is 4.31 Å². The van der Waals surface area contributed by atoms with Crippen molar-refractivity contribution in [3.8, 4) is 0 Å². The van der Waals surface area contributed by atoms with Crippen LogP contribution in [0.5, 0.6) is 0 Å². The number of carbonyl (C=O) groups is 1. The van der Waals surface area contributed by atoms with Crippen LogP contribution in [-0.4, -0.2) is 70.0 Å². The van der Waals surface area contributed by atoms with Gasteiger partial charge >= 0.3 is 0 Å². The molecule has 1 aliphatic carbocycles. The smallest absolute Gasteiger partial charge is 0.246 e. The maximum absolute atomic E-state index is 13.4. The van der Waals surface area contributed by atoms with E-state index >= 15 is 0 Å². The summed E-state index contributed by atoms with van der Waals surface area (Å²) in [7, 11) is 0.639. The minimum Gasteiger partial charge on any atom is -0.367 e. The Bertz CT molecular complexity index is 1140. The molecule has 7 nitrogen and oxygen atoms in total. The van der Waals surface area contributed by atoms with E-state index in [4.69, 9.17) is 4.74 Å². The highest BCUT2D eigenvalue weighted by molar-refractivity contribution is 7.89. The fourth-order valence-corrected chi connectivity index (χ4v) is 7.41. The Kier molecular flexibility index (Phi) is 9.92. The molecule has 2 atom stereocenters. The van der Waals surface area contributed by atoms with E-state index in [0.29, 0.717) is 31.3 Å². The fourth-order valence-electron chi connectivity index (χ4n) is 5.90. The number of hydrogen-bond acceptors (Lipinski definition) is 5. The van der Waals surface area contributed by atoms with E-state index in [9.17, 15) is 17.6 Å². The second kappa shape index (κ2) is 13.2. The zero-order valence-corrected chi connectivity index (χ0v) is 23.2. The molecule has 9 heteroatoms. The number of rotatable bonds is 11. The van der Waals surface area contributed by atoms with Crippen molar-refractivity contribution in [3.05, 3.63) is 66.0 Å². The summed E-state index contributed by atoms with van der Waals surface area (Å²) in [6.07, 6.45) is 5.72. The Balaban J connectivity index is 1.14. The van der Waals surface area contributed by atoms with Gasteiger partial charge in [0.05, 0.1) is 11.0 Å². The Hall–Kier alpha value is -2.33. The van der Waals surface area contributed by atoms with Crippen LogP contribution in [0.4, 0.5) is 4.39 Å². The van der Waals surface area contributed by atoms with Crippen LogP contribution in [0.3, 0.4) is 0 Å². The molecule has 0 radical (unpaired) electrons. The lowest BCUT2D eigenvalue weighted by atomic mass is 9.75. The van der Waals surface area contributed by atoms with Crippen LogP contribution in [0.15, 0.2) is 59.5 Å². The zero-order chi connectivity index (χ0) is 27.1. The molecular weight excluding hydrogens is 505 g/mol. The Morgan fingerprint density at radius 2 is 1.74 bits per heavy atom. The third-order valence-corrected chi connectivity index (χ3v) is 9.80. The third-order valence-electron chi connectivity index (χ3n) is 7.92. The van der Waals surface area contributed by atoms with Gasteiger partial charge in [-0.25, -0.2) is 12.8 Å². The Labute approximate surface area is 226 Å². The van der Waals surface area contributed by atoms with Crippen molar-refractivity contribution in [1.82, 2.24) is 14.5 Å². The molecule has 4 rings (SSSR count). The summed E-state index contributed by atoms with van der Waals surface area (Å²) in [6.45, 7) is 1.21. The van der Waals surface area contributed by atoms with Crippen LogP contribution in [0, 0.1) is 17.7 Å². The zero-order valence-electron chi connectivity index (χ0n) is 22.4. The van der Waals surface area contributed by atoms with Crippen LogP contribution in [0.2, 0.25) is 0 Å². The Morgan fingerprint density at radius 1 is 1.05 bits per heavy atom. The first kappa shape index (κ1) is 28.7. The SMILES string of the molecule is CN(C)C(c1ccc(F)cc1)C1CCC(CCNC(=O)COC2CCN(S(=O)(=O)c3ccccc3)C2)CC1. The molecule has 1 saturated carbocycles. The van der Waals surface area contributed by atoms with Gasteiger partial charge in [0.25, 0.3) is 0 Å². The van der Waals surface area contributed by atoms with E-state index in [-0.39, 0.29) is 41.9 Å². The molecule has 208 valence electrons. The topological polar surface area (TPSA) is 79.0 Å². The van der Waals surface area contributed by atoms with Crippen molar-refractivity contribution in [2.24, 2.45) is 11.8 Å². The van der Waals surface area contributed by atoms with E-state index in [2.05, 4.69) is 24.3 Å². The number of amides is 1. The van der Waals surface area contributed by atoms with Crippen LogP contribution < -0.4 is 5.32 Å². The average Bonchev–Trinajstić information content (AvgIpc) is 3.40. The molecule has 1 saturated heterocycles. The van der Waals surface area contributed by atoms with Crippen LogP contribution >= 0.6 is 0 Å². The second-order valence-electron chi connectivity index (χ2n) is 10.8. The lowest BCUT2D eigenvalue weighted by Crippen LogP contribution is -2.34. The summed E-state index contributed by atoms with van der Waals surface area (Å²) < 4.78 is 46.1. The van der Waals surface area contributed by atoms with Crippen LogP contribution in [0.1, 0.15) is 50.1 Å². The maximum atomic E-state index is 13.4. The number of nitrogens with one attached hydrogen (secondary N) is 1. The normalized spacial score (nSPS) is 23.4. The largest absolute Gasteiger partial charge is 0.367 e. The number of carbonyl (C=O) groups excluding carboxylic acids is 1. The van der Waals surface area contributed by atoms with E-state index in [1.165, 1.54) is 4.31 Å². The molecular formula is C29H40FN3O4S. The highest BCUT2D eigenvalue weighted by atomic mass is 32.2. The van der Waals surface area contributed by atoms with Gasteiger partial charge in [0.15, 0.2) is 0 Å². The van der Waals surface area contributed by atoms with Crippen molar-refractivity contribution < 1.29 is 22.3 Å². The number of benzene rings is 2.